The Kier molecular flexibility index (Phi) is 4.87. The predicted octanol–water partition coefficient (Wildman–Crippen LogP) is 2.18. The van der Waals surface area contributed by atoms with E-state index in [1.54, 1.807) is 6.07 Å². The Hall–Kier alpha value is -1.46. The lowest BCUT2D eigenvalue weighted by Crippen LogP contribution is -2.31. The first-order valence-corrected chi connectivity index (χ1v) is 6.51. The molecule has 0 aromatic heterocycles. The molecule has 0 spiro atoms. The van der Waals surface area contributed by atoms with Gasteiger partial charge in [0, 0.05) is 19.7 Å². The molecule has 1 aliphatic rings. The number of benzene rings is 1. The topological polar surface area (TPSA) is 58.6 Å². The maximum Gasteiger partial charge on any atom is 0.338 e. The zero-order chi connectivity index (χ0) is 13.7. The number of hydrogen-bond acceptors (Lipinski definition) is 3. The second kappa shape index (κ2) is 6.63. The van der Waals surface area contributed by atoms with Crippen molar-refractivity contribution < 1.29 is 19.0 Å². The molecule has 2 N–H and O–H groups in total. The minimum Gasteiger partial charge on any atom is -0.478 e. The van der Waals surface area contributed by atoms with Crippen molar-refractivity contribution in [2.75, 3.05) is 13.2 Å². The highest BCUT2D eigenvalue weighted by Gasteiger charge is 2.13. The van der Waals surface area contributed by atoms with Crippen molar-refractivity contribution >= 4 is 5.97 Å². The maximum absolute atomic E-state index is 13.4. The Morgan fingerprint density at radius 2 is 2.32 bits per heavy atom. The van der Waals surface area contributed by atoms with Crippen LogP contribution in [0.5, 0.6) is 0 Å². The summed E-state index contributed by atoms with van der Waals surface area (Å²) in [6, 6.07) is 4.19. The van der Waals surface area contributed by atoms with Gasteiger partial charge in [0.1, 0.15) is 5.82 Å². The van der Waals surface area contributed by atoms with Crippen molar-refractivity contribution in [2.45, 2.75) is 31.9 Å². The SMILES string of the molecule is O=C(O)c1ccc(CNCC2CCCCO2)cc1F. The van der Waals surface area contributed by atoms with E-state index in [1.165, 1.54) is 18.6 Å². The van der Waals surface area contributed by atoms with E-state index >= 15 is 0 Å². The molecule has 1 heterocycles. The fraction of sp³-hybridized carbons (Fsp3) is 0.500. The Labute approximate surface area is 111 Å². The molecule has 1 aromatic carbocycles. The third kappa shape index (κ3) is 4.01. The Bertz CT molecular complexity index is 444. The van der Waals surface area contributed by atoms with Crippen molar-refractivity contribution in [2.24, 2.45) is 0 Å². The lowest BCUT2D eigenvalue weighted by Gasteiger charge is -2.22. The van der Waals surface area contributed by atoms with Crippen molar-refractivity contribution in [3.63, 3.8) is 0 Å². The van der Waals surface area contributed by atoms with Gasteiger partial charge in [-0.2, -0.15) is 0 Å². The predicted molar refractivity (Wildman–Crippen MR) is 68.7 cm³/mol. The summed E-state index contributed by atoms with van der Waals surface area (Å²) >= 11 is 0. The van der Waals surface area contributed by atoms with Gasteiger partial charge in [0.15, 0.2) is 0 Å². The second-order valence-corrected chi connectivity index (χ2v) is 4.74. The number of rotatable bonds is 5. The molecule has 4 nitrogen and oxygen atoms in total. The summed E-state index contributed by atoms with van der Waals surface area (Å²) in [5.41, 5.74) is 0.442. The van der Waals surface area contributed by atoms with E-state index in [0.29, 0.717) is 6.54 Å². The van der Waals surface area contributed by atoms with Crippen molar-refractivity contribution in [3.8, 4) is 0 Å². The van der Waals surface area contributed by atoms with Crippen LogP contribution in [0.1, 0.15) is 35.2 Å². The van der Waals surface area contributed by atoms with Gasteiger partial charge in [0.25, 0.3) is 0 Å². The van der Waals surface area contributed by atoms with Crippen LogP contribution in [0.3, 0.4) is 0 Å². The number of carbonyl (C=O) groups is 1. The highest BCUT2D eigenvalue weighted by atomic mass is 19.1. The van der Waals surface area contributed by atoms with Gasteiger partial charge in [-0.05, 0) is 37.0 Å². The van der Waals surface area contributed by atoms with Crippen LogP contribution in [-0.2, 0) is 11.3 Å². The smallest absolute Gasteiger partial charge is 0.338 e. The minimum atomic E-state index is -1.24. The van der Waals surface area contributed by atoms with Gasteiger partial charge in [-0.1, -0.05) is 6.07 Å². The number of ether oxygens (including phenoxy) is 1. The summed E-state index contributed by atoms with van der Waals surface area (Å²) in [5.74, 6) is -1.94. The van der Waals surface area contributed by atoms with Crippen molar-refractivity contribution in [1.29, 1.82) is 0 Å². The first-order chi connectivity index (χ1) is 9.16. The molecule has 1 aromatic rings. The van der Waals surface area contributed by atoms with E-state index in [4.69, 9.17) is 9.84 Å². The highest BCUT2D eigenvalue weighted by Crippen LogP contribution is 2.13. The van der Waals surface area contributed by atoms with Crippen molar-refractivity contribution in [3.05, 3.63) is 35.1 Å². The fourth-order valence-electron chi connectivity index (χ4n) is 2.19. The van der Waals surface area contributed by atoms with Gasteiger partial charge >= 0.3 is 5.97 Å². The Morgan fingerprint density at radius 1 is 1.47 bits per heavy atom. The van der Waals surface area contributed by atoms with Gasteiger partial charge < -0.3 is 15.2 Å². The maximum atomic E-state index is 13.4. The van der Waals surface area contributed by atoms with E-state index in [0.717, 1.165) is 31.6 Å². The zero-order valence-electron chi connectivity index (χ0n) is 10.7. The number of carboxylic acids is 1. The van der Waals surface area contributed by atoms with Gasteiger partial charge in [-0.25, -0.2) is 9.18 Å². The Morgan fingerprint density at radius 3 is 2.95 bits per heavy atom. The number of nitrogens with one attached hydrogen (secondary N) is 1. The van der Waals surface area contributed by atoms with Gasteiger partial charge in [0.05, 0.1) is 11.7 Å². The molecule has 19 heavy (non-hydrogen) atoms. The number of hydrogen-bond donors (Lipinski definition) is 2. The van der Waals surface area contributed by atoms with Crippen LogP contribution in [-0.4, -0.2) is 30.3 Å². The normalized spacial score (nSPS) is 19.3. The largest absolute Gasteiger partial charge is 0.478 e. The van der Waals surface area contributed by atoms with Crippen LogP contribution in [0.15, 0.2) is 18.2 Å². The molecule has 0 bridgehead atoms. The molecule has 0 radical (unpaired) electrons. The number of carboxylic acid groups (broad SMARTS) is 1. The third-order valence-corrected chi connectivity index (χ3v) is 3.24. The zero-order valence-corrected chi connectivity index (χ0v) is 10.7. The van der Waals surface area contributed by atoms with Crippen LogP contribution in [0.25, 0.3) is 0 Å². The molecule has 1 fully saturated rings. The van der Waals surface area contributed by atoms with Crippen LogP contribution in [0, 0.1) is 5.82 Å². The number of halogens is 1. The van der Waals surface area contributed by atoms with E-state index in [1.807, 2.05) is 0 Å². The first-order valence-electron chi connectivity index (χ1n) is 6.51. The van der Waals surface area contributed by atoms with E-state index in [2.05, 4.69) is 5.32 Å². The molecule has 0 amide bonds. The molecule has 2 rings (SSSR count). The molecular formula is C14H18FNO3. The van der Waals surface area contributed by atoms with Gasteiger partial charge in [0.2, 0.25) is 0 Å². The lowest BCUT2D eigenvalue weighted by atomic mass is 10.1. The van der Waals surface area contributed by atoms with Crippen molar-refractivity contribution in [1.82, 2.24) is 5.32 Å². The van der Waals surface area contributed by atoms with Gasteiger partial charge in [-0.3, -0.25) is 0 Å². The molecule has 5 heteroatoms. The monoisotopic (exact) mass is 267 g/mol. The standard InChI is InChI=1S/C14H18FNO3/c15-13-7-10(4-5-12(13)14(17)18)8-16-9-11-3-1-2-6-19-11/h4-5,7,11,16H,1-3,6,8-9H2,(H,17,18). The summed E-state index contributed by atoms with van der Waals surface area (Å²) in [6.07, 6.45) is 3.60. The second-order valence-electron chi connectivity index (χ2n) is 4.74. The Balaban J connectivity index is 1.82. The molecule has 1 unspecified atom stereocenters. The van der Waals surface area contributed by atoms with E-state index in [9.17, 15) is 9.18 Å². The average Bonchev–Trinajstić information content (AvgIpc) is 2.39. The van der Waals surface area contributed by atoms with Crippen LogP contribution >= 0.6 is 0 Å². The average molecular weight is 267 g/mol. The first kappa shape index (κ1) is 14.0. The van der Waals surface area contributed by atoms with Crippen LogP contribution in [0.2, 0.25) is 0 Å². The third-order valence-electron chi connectivity index (χ3n) is 3.24. The quantitative estimate of drug-likeness (QED) is 0.858. The number of aromatic carboxylic acids is 1. The highest BCUT2D eigenvalue weighted by molar-refractivity contribution is 5.87. The fourth-order valence-corrected chi connectivity index (χ4v) is 2.19. The molecule has 104 valence electrons. The molecule has 1 aliphatic heterocycles. The minimum absolute atomic E-state index is 0.233. The summed E-state index contributed by atoms with van der Waals surface area (Å²) in [6.45, 7) is 2.06. The van der Waals surface area contributed by atoms with E-state index < -0.39 is 11.8 Å². The summed E-state index contributed by atoms with van der Waals surface area (Å²) in [5, 5.41) is 11.9. The summed E-state index contributed by atoms with van der Waals surface area (Å²) in [4.78, 5) is 10.7. The van der Waals surface area contributed by atoms with Gasteiger partial charge in [-0.15, -0.1) is 0 Å². The molecule has 1 saturated heterocycles. The summed E-state index contributed by atoms with van der Waals surface area (Å²) in [7, 11) is 0. The molecule has 0 aliphatic carbocycles. The molecular weight excluding hydrogens is 249 g/mol. The lowest BCUT2D eigenvalue weighted by molar-refractivity contribution is 0.0168. The van der Waals surface area contributed by atoms with E-state index in [-0.39, 0.29) is 11.7 Å². The van der Waals surface area contributed by atoms with Crippen LogP contribution in [0.4, 0.5) is 4.39 Å². The summed E-state index contributed by atoms with van der Waals surface area (Å²) < 4.78 is 19.0. The van der Waals surface area contributed by atoms with Crippen LogP contribution < -0.4 is 5.32 Å². The molecule has 1 atom stereocenters. The molecule has 0 saturated carbocycles.